The summed E-state index contributed by atoms with van der Waals surface area (Å²) in [5, 5.41) is 13.8. The van der Waals surface area contributed by atoms with Crippen molar-refractivity contribution in [1.29, 1.82) is 5.26 Å². The number of alkyl carbamates (subject to hydrolysis) is 1. The van der Waals surface area contributed by atoms with Crippen molar-refractivity contribution in [2.45, 2.75) is 68.2 Å². The number of carbonyl (C=O) groups excluding carboxylic acids is 2. The first-order valence-electron chi connectivity index (χ1n) is 16.7. The van der Waals surface area contributed by atoms with E-state index in [0.29, 0.717) is 52.5 Å². The summed E-state index contributed by atoms with van der Waals surface area (Å²) in [6.07, 6.45) is 0.587. The Bertz CT molecular complexity index is 1790. The van der Waals surface area contributed by atoms with Gasteiger partial charge in [-0.15, -0.1) is 0 Å². The number of carbonyl (C=O) groups is 2. The van der Waals surface area contributed by atoms with Crippen LogP contribution >= 0.6 is 23.2 Å². The summed E-state index contributed by atoms with van der Waals surface area (Å²) in [6.45, 7) is 8.41. The summed E-state index contributed by atoms with van der Waals surface area (Å²) in [7, 11) is 5.14. The maximum Gasteiger partial charge on any atom is 0.514 e. The number of fused-ring (bicyclic) bond motifs is 9. The third-order valence-electron chi connectivity index (χ3n) is 9.97. The van der Waals surface area contributed by atoms with Gasteiger partial charge in [-0.1, -0.05) is 41.9 Å². The van der Waals surface area contributed by atoms with E-state index < -0.39 is 34.7 Å². The number of methoxy groups -OCH3 is 2. The highest BCUT2D eigenvalue weighted by Gasteiger charge is 2.57. The minimum Gasteiger partial charge on any atom is -0.493 e. The number of ether oxygens (including phenoxy) is 8. The number of alkyl halides is 2. The molecule has 16 heteroatoms. The molecular formula is C36H42Cl2N4O10. The van der Waals surface area contributed by atoms with E-state index in [1.807, 2.05) is 14.0 Å². The lowest BCUT2D eigenvalue weighted by atomic mass is 9.71. The SMILES string of the molecule is C=CCOC(=O)Oc1c(C)c2c(c3c1C[C@H]1C4c5c(cc(C)c(OC)c5OCOC)CC([C@H](C#N)N1[C@H]3CNC(=O)OCC(C)(Cl)Cl)N4C)OCO2. The second-order valence-electron chi connectivity index (χ2n) is 13.3. The highest BCUT2D eigenvalue weighted by molar-refractivity contribution is 6.48. The van der Waals surface area contributed by atoms with Crippen molar-refractivity contribution in [3.05, 3.63) is 52.1 Å². The summed E-state index contributed by atoms with van der Waals surface area (Å²) in [5.74, 6) is 2.19. The molecular weight excluding hydrogens is 719 g/mol. The van der Waals surface area contributed by atoms with Gasteiger partial charge in [0.2, 0.25) is 6.79 Å². The lowest BCUT2D eigenvalue weighted by molar-refractivity contribution is -0.0731. The van der Waals surface area contributed by atoms with E-state index in [4.69, 9.17) is 61.1 Å². The Morgan fingerprint density at radius 1 is 1.12 bits per heavy atom. The fraction of sp³-hybridized carbons (Fsp3) is 0.528. The lowest BCUT2D eigenvalue weighted by Crippen LogP contribution is -2.68. The highest BCUT2D eigenvalue weighted by atomic mass is 35.5. The predicted octanol–water partition coefficient (Wildman–Crippen LogP) is 5.42. The fourth-order valence-electron chi connectivity index (χ4n) is 8.07. The number of nitrogens with one attached hydrogen (secondary N) is 1. The smallest absolute Gasteiger partial charge is 0.493 e. The van der Waals surface area contributed by atoms with E-state index in [1.165, 1.54) is 13.0 Å². The third-order valence-corrected chi connectivity index (χ3v) is 10.2. The second-order valence-corrected chi connectivity index (χ2v) is 15.1. The van der Waals surface area contributed by atoms with Crippen LogP contribution in [-0.2, 0) is 27.1 Å². The van der Waals surface area contributed by atoms with Crippen LogP contribution in [0.1, 0.15) is 52.4 Å². The molecule has 4 aliphatic heterocycles. The monoisotopic (exact) mass is 760 g/mol. The van der Waals surface area contributed by atoms with Crippen LogP contribution in [0.4, 0.5) is 9.59 Å². The Kier molecular flexibility index (Phi) is 10.9. The summed E-state index contributed by atoms with van der Waals surface area (Å²) in [5.41, 5.74) is 4.60. The molecule has 1 saturated heterocycles. The number of halogens is 2. The zero-order valence-electron chi connectivity index (χ0n) is 29.9. The molecule has 52 heavy (non-hydrogen) atoms. The van der Waals surface area contributed by atoms with Gasteiger partial charge in [0, 0.05) is 48.0 Å². The topological polar surface area (TPSA) is 150 Å². The molecule has 0 spiro atoms. The number of nitriles is 1. The second kappa shape index (κ2) is 15.1. The molecule has 2 aromatic carbocycles. The highest BCUT2D eigenvalue weighted by Crippen LogP contribution is 2.58. The number of benzene rings is 2. The predicted molar refractivity (Wildman–Crippen MR) is 189 cm³/mol. The van der Waals surface area contributed by atoms with Gasteiger partial charge in [-0.05, 0) is 51.8 Å². The van der Waals surface area contributed by atoms with Gasteiger partial charge in [-0.25, -0.2) is 9.59 Å². The molecule has 1 N–H and O–H groups in total. The van der Waals surface area contributed by atoms with Gasteiger partial charge in [0.25, 0.3) is 0 Å². The molecule has 280 valence electrons. The number of piperazine rings is 1. The van der Waals surface area contributed by atoms with Crippen molar-refractivity contribution < 1.29 is 47.5 Å². The van der Waals surface area contributed by atoms with Gasteiger partial charge >= 0.3 is 12.2 Å². The van der Waals surface area contributed by atoms with Gasteiger partial charge in [0.05, 0.1) is 25.3 Å². The molecule has 2 unspecified atom stereocenters. The van der Waals surface area contributed by atoms with E-state index in [1.54, 1.807) is 21.1 Å². The Morgan fingerprint density at radius 3 is 2.54 bits per heavy atom. The molecule has 6 rings (SSSR count). The maximum absolute atomic E-state index is 13.1. The van der Waals surface area contributed by atoms with E-state index in [9.17, 15) is 14.9 Å². The number of amides is 1. The Hall–Kier alpha value is -4.13. The van der Waals surface area contributed by atoms with Crippen LogP contribution in [0.5, 0.6) is 28.7 Å². The maximum atomic E-state index is 13.1. The van der Waals surface area contributed by atoms with Crippen LogP contribution < -0.4 is 29.0 Å². The van der Waals surface area contributed by atoms with Gasteiger partial charge < -0.3 is 43.2 Å². The first kappa shape index (κ1) is 37.6. The molecule has 4 heterocycles. The van der Waals surface area contributed by atoms with E-state index in [-0.39, 0.29) is 51.2 Å². The van der Waals surface area contributed by atoms with Crippen LogP contribution in [0.15, 0.2) is 18.7 Å². The zero-order chi connectivity index (χ0) is 37.5. The molecule has 1 fully saturated rings. The molecule has 1 amide bonds. The number of hydrogen-bond donors (Lipinski definition) is 1. The Balaban J connectivity index is 1.55. The van der Waals surface area contributed by atoms with Crippen molar-refractivity contribution in [2.75, 3.05) is 54.6 Å². The van der Waals surface area contributed by atoms with Crippen LogP contribution in [0.3, 0.4) is 0 Å². The average Bonchev–Trinajstić information content (AvgIpc) is 3.59. The van der Waals surface area contributed by atoms with Crippen molar-refractivity contribution in [2.24, 2.45) is 0 Å². The zero-order valence-corrected chi connectivity index (χ0v) is 31.4. The molecule has 0 saturated carbocycles. The number of hydrogen-bond acceptors (Lipinski definition) is 13. The molecule has 5 atom stereocenters. The molecule has 0 aliphatic carbocycles. The van der Waals surface area contributed by atoms with Crippen molar-refractivity contribution >= 4 is 35.5 Å². The van der Waals surface area contributed by atoms with Gasteiger partial charge in [-0.3, -0.25) is 9.80 Å². The molecule has 0 aromatic heterocycles. The van der Waals surface area contributed by atoms with Crippen molar-refractivity contribution in [1.82, 2.24) is 15.1 Å². The van der Waals surface area contributed by atoms with E-state index in [2.05, 4.69) is 33.8 Å². The van der Waals surface area contributed by atoms with E-state index in [0.717, 1.165) is 16.7 Å². The molecule has 4 aliphatic rings. The minimum atomic E-state index is -1.30. The standard InChI is InChI=1S/C36H42Cl2N4O10/c1-8-9-47-35(44)52-30-19(3)31-33(51-17-50-31)27-21(30)12-23-28-26-20(10-18(2)29(46-7)32(26)49-16-45-6)11-22(41(28)5)24(13-39)42(23)25(27)14-40-34(43)48-15-36(4,37)38/h8,10,22-25,28H,1,9,11-12,14-17H2,2-7H3,(H,40,43)/t22?,23-,24-,25-,28?/m0/s1. The number of rotatable bonds is 11. The molecule has 2 bridgehead atoms. The first-order chi connectivity index (χ1) is 24.8. The summed E-state index contributed by atoms with van der Waals surface area (Å²) < 4.78 is 44.7. The lowest BCUT2D eigenvalue weighted by Gasteiger charge is -2.60. The average molecular weight is 762 g/mol. The summed E-state index contributed by atoms with van der Waals surface area (Å²) >= 11 is 12.1. The Morgan fingerprint density at radius 2 is 1.87 bits per heavy atom. The largest absolute Gasteiger partial charge is 0.514 e. The number of aryl methyl sites for hydroxylation is 1. The minimum absolute atomic E-state index is 0.0179. The van der Waals surface area contributed by atoms with Crippen LogP contribution in [-0.4, -0.2) is 99.1 Å². The van der Waals surface area contributed by atoms with Crippen LogP contribution in [0.2, 0.25) is 0 Å². The molecule has 2 aromatic rings. The van der Waals surface area contributed by atoms with Gasteiger partial charge in [0.15, 0.2) is 29.8 Å². The van der Waals surface area contributed by atoms with Crippen molar-refractivity contribution in [3.63, 3.8) is 0 Å². The Labute approximate surface area is 312 Å². The van der Waals surface area contributed by atoms with Crippen LogP contribution in [0, 0.1) is 25.2 Å². The van der Waals surface area contributed by atoms with E-state index >= 15 is 0 Å². The molecule has 14 nitrogen and oxygen atoms in total. The van der Waals surface area contributed by atoms with Crippen LogP contribution in [0.25, 0.3) is 0 Å². The summed E-state index contributed by atoms with van der Waals surface area (Å²) in [4.78, 5) is 30.4. The quantitative estimate of drug-likeness (QED) is 0.102. The number of likely N-dealkylation sites (N-methyl/N-ethyl adjacent to an activating group) is 1. The third kappa shape index (κ3) is 6.76. The van der Waals surface area contributed by atoms with Crippen molar-refractivity contribution in [3.8, 4) is 34.8 Å². The van der Waals surface area contributed by atoms with Gasteiger partial charge in [-0.2, -0.15) is 5.26 Å². The molecule has 0 radical (unpaired) electrons. The first-order valence-corrected chi connectivity index (χ1v) is 17.5. The fourth-order valence-corrected chi connectivity index (χ4v) is 8.18. The normalized spacial score (nSPS) is 22.9. The summed E-state index contributed by atoms with van der Waals surface area (Å²) in [6, 6.07) is 2.28. The van der Waals surface area contributed by atoms with Gasteiger partial charge in [0.1, 0.15) is 29.3 Å². The number of nitrogens with zero attached hydrogens (tertiary/aromatic N) is 3.